The molecule has 1 aromatic heterocycles. The van der Waals surface area contributed by atoms with E-state index in [-0.39, 0.29) is 33.2 Å². The van der Waals surface area contributed by atoms with E-state index < -0.39 is 41.6 Å². The van der Waals surface area contributed by atoms with E-state index in [0.29, 0.717) is 12.3 Å². The summed E-state index contributed by atoms with van der Waals surface area (Å²) in [4.78, 5) is 25.7. The topological polar surface area (TPSA) is 138 Å². The fraction of sp³-hybridized carbons (Fsp3) is 0.545. The molecule has 4 rings (SSSR count). The Morgan fingerprint density at radius 2 is 1.83 bits per heavy atom. The number of aromatic nitrogens is 2. The number of ether oxygens (including phenoxy) is 5. The fourth-order valence-electron chi connectivity index (χ4n) is 4.05. The third-order valence-corrected chi connectivity index (χ3v) is 5.91. The molecule has 36 heavy (non-hydrogen) atoms. The van der Waals surface area contributed by atoms with Gasteiger partial charge in [0.15, 0.2) is 24.3 Å². The third-order valence-electron chi connectivity index (χ3n) is 5.53. The van der Waals surface area contributed by atoms with E-state index in [1.165, 1.54) is 16.8 Å². The number of hydrogen-bond acceptors (Lipinski definition) is 12. The number of nitrogens with zero attached hydrogens (tertiary/aromatic N) is 2. The lowest BCUT2D eigenvalue weighted by Gasteiger charge is -2.25. The Hall–Kier alpha value is -2.11. The summed E-state index contributed by atoms with van der Waals surface area (Å²) in [6.07, 6.45) is -1.13. The number of benzene rings is 1. The Kier molecular flexibility index (Phi) is 9.30. The normalized spacial score (nSPS) is 24.8. The van der Waals surface area contributed by atoms with E-state index in [4.69, 9.17) is 33.1 Å². The summed E-state index contributed by atoms with van der Waals surface area (Å²) >= 11 is 0.453. The predicted octanol–water partition coefficient (Wildman–Crippen LogP) is 1.62. The zero-order valence-electron chi connectivity index (χ0n) is 19.7. The summed E-state index contributed by atoms with van der Waals surface area (Å²) in [6, 6.07) is 10.7. The molecule has 0 amide bonds. The van der Waals surface area contributed by atoms with Crippen LogP contribution in [-0.4, -0.2) is 58.3 Å². The van der Waals surface area contributed by atoms with Gasteiger partial charge in [0, 0.05) is 12.3 Å². The highest BCUT2D eigenvalue weighted by molar-refractivity contribution is 7.89. The fourth-order valence-corrected chi connectivity index (χ4v) is 4.25. The van der Waals surface area contributed by atoms with Crippen LogP contribution < -0.4 is 11.2 Å². The molecular weight excluding hydrogens is 500 g/mol. The van der Waals surface area contributed by atoms with Crippen LogP contribution in [-0.2, 0) is 50.6 Å². The molecule has 4 atom stereocenters. The maximum absolute atomic E-state index is 13.2. The second-order valence-corrected chi connectivity index (χ2v) is 8.98. The van der Waals surface area contributed by atoms with Gasteiger partial charge in [0.25, 0.3) is 5.56 Å². The highest BCUT2D eigenvalue weighted by Crippen LogP contribution is 2.42. The van der Waals surface area contributed by atoms with Gasteiger partial charge >= 0.3 is 5.69 Å². The van der Waals surface area contributed by atoms with Crippen LogP contribution in [0.15, 0.2) is 52.2 Å². The van der Waals surface area contributed by atoms with Gasteiger partial charge in [0.1, 0.15) is 25.0 Å². The molecule has 2 aromatic rings. The van der Waals surface area contributed by atoms with Crippen molar-refractivity contribution < 1.29 is 42.5 Å². The van der Waals surface area contributed by atoms with E-state index in [0.717, 1.165) is 10.1 Å². The Morgan fingerprint density at radius 1 is 1.06 bits per heavy atom. The van der Waals surface area contributed by atoms with Crippen molar-refractivity contribution in [2.45, 2.75) is 57.5 Å². The maximum Gasteiger partial charge on any atom is 0.335 e. The SMILES string of the molecule is CC1(C)OC2[C@@H](O1)[C@@H](COCCOSOOO)O[C@H]2n1ccc(=O)n(COCc2ccccc2)c1=O. The largest absolute Gasteiger partial charge is 0.376 e. The molecule has 0 bridgehead atoms. The van der Waals surface area contributed by atoms with Crippen LogP contribution in [0, 0.1) is 0 Å². The summed E-state index contributed by atoms with van der Waals surface area (Å²) in [7, 11) is 0. The molecule has 198 valence electrons. The van der Waals surface area contributed by atoms with Gasteiger partial charge in [-0.05, 0) is 19.4 Å². The summed E-state index contributed by atoms with van der Waals surface area (Å²) < 4.78 is 40.7. The van der Waals surface area contributed by atoms with Crippen LogP contribution in [0.1, 0.15) is 25.6 Å². The third kappa shape index (κ3) is 6.60. The van der Waals surface area contributed by atoms with Gasteiger partial charge in [-0.25, -0.2) is 14.6 Å². The Bertz CT molecular complexity index is 1090. The molecule has 1 aromatic carbocycles. The summed E-state index contributed by atoms with van der Waals surface area (Å²) in [6.45, 7) is 4.05. The lowest BCUT2D eigenvalue weighted by Crippen LogP contribution is -2.43. The second kappa shape index (κ2) is 12.4. The molecule has 0 spiro atoms. The molecule has 2 saturated heterocycles. The standard InChI is InChI=1S/C22H28N2O11S/c1-22(2)32-18-16(13-28-10-11-30-36-35-34-27)31-20(19(18)33-22)23-9-8-17(25)24(21(23)26)14-29-12-15-6-4-3-5-7-15/h3-9,16,18-20,27H,10-14H2,1-2H3/t16-,18+,19?,20-/m1/s1. The van der Waals surface area contributed by atoms with Crippen molar-refractivity contribution in [1.82, 2.24) is 9.13 Å². The van der Waals surface area contributed by atoms with Crippen molar-refractivity contribution in [3.8, 4) is 0 Å². The summed E-state index contributed by atoms with van der Waals surface area (Å²) in [5.74, 6) is -0.895. The molecule has 13 nitrogen and oxygen atoms in total. The minimum absolute atomic E-state index is 0.136. The lowest BCUT2D eigenvalue weighted by atomic mass is 10.1. The highest BCUT2D eigenvalue weighted by atomic mass is 32.2. The Balaban J connectivity index is 1.43. The van der Waals surface area contributed by atoms with Crippen molar-refractivity contribution in [2.75, 3.05) is 19.8 Å². The Labute approximate surface area is 210 Å². The van der Waals surface area contributed by atoms with Crippen LogP contribution in [0.5, 0.6) is 0 Å². The average molecular weight is 529 g/mol. The van der Waals surface area contributed by atoms with Crippen molar-refractivity contribution >= 4 is 12.3 Å². The highest BCUT2D eigenvalue weighted by Gasteiger charge is 2.56. The van der Waals surface area contributed by atoms with Gasteiger partial charge in [-0.3, -0.25) is 13.5 Å². The molecule has 14 heteroatoms. The monoisotopic (exact) mass is 528 g/mol. The first-order valence-electron chi connectivity index (χ1n) is 11.2. The van der Waals surface area contributed by atoms with Gasteiger partial charge in [0.05, 0.1) is 26.4 Å². The van der Waals surface area contributed by atoms with Gasteiger partial charge in [-0.15, -0.1) is 4.33 Å². The zero-order chi connectivity index (χ0) is 25.5. The summed E-state index contributed by atoms with van der Waals surface area (Å²) in [5.41, 5.74) is -0.162. The Morgan fingerprint density at radius 3 is 2.61 bits per heavy atom. The molecule has 0 saturated carbocycles. The predicted molar refractivity (Wildman–Crippen MR) is 123 cm³/mol. The molecular formula is C22H28N2O11S. The van der Waals surface area contributed by atoms with Gasteiger partial charge < -0.3 is 23.7 Å². The van der Waals surface area contributed by atoms with Crippen LogP contribution in [0.2, 0.25) is 0 Å². The minimum atomic E-state index is -0.895. The molecule has 2 aliphatic rings. The zero-order valence-corrected chi connectivity index (χ0v) is 20.5. The maximum atomic E-state index is 13.2. The minimum Gasteiger partial charge on any atom is -0.376 e. The van der Waals surface area contributed by atoms with Gasteiger partial charge in [0.2, 0.25) is 0 Å². The first-order chi connectivity index (χ1) is 17.4. The molecule has 1 unspecified atom stereocenters. The number of hydrogen-bond donors (Lipinski definition) is 1. The van der Waals surface area contributed by atoms with E-state index in [1.807, 2.05) is 30.3 Å². The van der Waals surface area contributed by atoms with Crippen molar-refractivity contribution in [3.63, 3.8) is 0 Å². The molecule has 2 aliphatic heterocycles. The first-order valence-corrected chi connectivity index (χ1v) is 11.8. The average Bonchev–Trinajstić information content (AvgIpc) is 3.34. The van der Waals surface area contributed by atoms with E-state index in [2.05, 4.69) is 9.37 Å². The van der Waals surface area contributed by atoms with E-state index in [9.17, 15) is 9.59 Å². The number of rotatable bonds is 13. The van der Waals surface area contributed by atoms with Crippen molar-refractivity contribution in [2.24, 2.45) is 0 Å². The smallest absolute Gasteiger partial charge is 0.335 e. The first kappa shape index (κ1) is 26.9. The summed E-state index contributed by atoms with van der Waals surface area (Å²) in [5, 5.41) is 11.5. The van der Waals surface area contributed by atoms with Crippen LogP contribution in [0.25, 0.3) is 0 Å². The van der Waals surface area contributed by atoms with Gasteiger partial charge in [-0.1, -0.05) is 35.4 Å². The molecule has 2 fully saturated rings. The molecule has 3 heterocycles. The molecule has 1 N–H and O–H groups in total. The van der Waals surface area contributed by atoms with Crippen LogP contribution >= 0.6 is 12.3 Å². The van der Waals surface area contributed by atoms with Crippen LogP contribution in [0.3, 0.4) is 0 Å². The van der Waals surface area contributed by atoms with E-state index in [1.54, 1.807) is 13.8 Å². The molecule has 0 radical (unpaired) electrons. The quantitative estimate of drug-likeness (QED) is 0.175. The lowest BCUT2D eigenvalue weighted by molar-refractivity contribution is -0.434. The van der Waals surface area contributed by atoms with E-state index >= 15 is 0 Å². The van der Waals surface area contributed by atoms with Gasteiger partial charge in [-0.2, -0.15) is 0 Å². The van der Waals surface area contributed by atoms with Crippen molar-refractivity contribution in [1.29, 1.82) is 0 Å². The van der Waals surface area contributed by atoms with Crippen molar-refractivity contribution in [3.05, 3.63) is 69.0 Å². The van der Waals surface area contributed by atoms with Crippen LogP contribution in [0.4, 0.5) is 0 Å². The molecule has 0 aliphatic carbocycles. The second-order valence-electron chi connectivity index (χ2n) is 8.47. The number of fused-ring (bicyclic) bond motifs is 1.